The van der Waals surface area contributed by atoms with Crippen molar-refractivity contribution in [1.29, 1.82) is 0 Å². The lowest BCUT2D eigenvalue weighted by atomic mass is 9.97. The van der Waals surface area contributed by atoms with Gasteiger partial charge in [-0.05, 0) is 37.5 Å². The molecule has 4 rings (SSSR count). The minimum atomic E-state index is -0.348. The van der Waals surface area contributed by atoms with Gasteiger partial charge < -0.3 is 19.4 Å². The van der Waals surface area contributed by atoms with Gasteiger partial charge >= 0.3 is 0 Å². The number of carbonyl (C=O) groups is 1. The molecule has 1 saturated heterocycles. The van der Waals surface area contributed by atoms with E-state index >= 15 is 0 Å². The van der Waals surface area contributed by atoms with E-state index in [0.29, 0.717) is 24.8 Å². The number of nitrogens with one attached hydrogen (secondary N) is 1. The highest BCUT2D eigenvalue weighted by Gasteiger charge is 2.32. The fourth-order valence-corrected chi connectivity index (χ4v) is 3.65. The molecule has 0 spiro atoms. The Morgan fingerprint density at radius 3 is 2.67 bits per heavy atom. The number of benzene rings is 1. The van der Waals surface area contributed by atoms with E-state index in [-0.39, 0.29) is 22.9 Å². The van der Waals surface area contributed by atoms with Crippen molar-refractivity contribution < 1.29 is 14.3 Å². The summed E-state index contributed by atoms with van der Waals surface area (Å²) >= 11 is 0. The Hall–Kier alpha value is -2.83. The summed E-state index contributed by atoms with van der Waals surface area (Å²) in [7, 11) is 3.26. The van der Waals surface area contributed by atoms with Crippen molar-refractivity contribution in [3.8, 4) is 11.5 Å². The fourth-order valence-electron chi connectivity index (χ4n) is 3.65. The highest BCUT2D eigenvalue weighted by atomic mass is 16.5. The van der Waals surface area contributed by atoms with Gasteiger partial charge in [-0.25, -0.2) is 4.98 Å². The second kappa shape index (κ2) is 7.06. The molecular formula is C20H23N3O4. The van der Waals surface area contributed by atoms with Crippen molar-refractivity contribution in [3.63, 3.8) is 0 Å². The topological polar surface area (TPSA) is 84.5 Å². The molecule has 1 aliphatic heterocycles. The Morgan fingerprint density at radius 2 is 2.00 bits per heavy atom. The average molecular weight is 369 g/mol. The van der Waals surface area contributed by atoms with Crippen LogP contribution in [0.1, 0.15) is 52.8 Å². The maximum Gasteiger partial charge on any atom is 0.263 e. The lowest BCUT2D eigenvalue weighted by molar-refractivity contribution is 0.0788. The molecule has 0 unspecified atom stereocenters. The van der Waals surface area contributed by atoms with Crippen molar-refractivity contribution >= 4 is 5.91 Å². The quantitative estimate of drug-likeness (QED) is 0.874. The maximum atomic E-state index is 12.8. The van der Waals surface area contributed by atoms with E-state index in [0.717, 1.165) is 36.3 Å². The second-order valence-electron chi connectivity index (χ2n) is 7.13. The third kappa shape index (κ3) is 3.41. The smallest absolute Gasteiger partial charge is 0.263 e. The minimum Gasteiger partial charge on any atom is -0.497 e. The van der Waals surface area contributed by atoms with Gasteiger partial charge in [0.15, 0.2) is 0 Å². The largest absolute Gasteiger partial charge is 0.497 e. The number of hydrogen-bond donors (Lipinski definition) is 1. The molecule has 2 aromatic rings. The molecule has 7 nitrogen and oxygen atoms in total. The molecule has 0 bridgehead atoms. The van der Waals surface area contributed by atoms with Gasteiger partial charge in [0.1, 0.15) is 22.9 Å². The molecule has 1 atom stereocenters. The van der Waals surface area contributed by atoms with Crippen LogP contribution in [0, 0.1) is 0 Å². The summed E-state index contributed by atoms with van der Waals surface area (Å²) in [5, 5.41) is 0. The third-order valence-electron chi connectivity index (χ3n) is 5.37. The number of amides is 1. The Kier molecular flexibility index (Phi) is 4.59. The summed E-state index contributed by atoms with van der Waals surface area (Å²) in [4.78, 5) is 33.9. The van der Waals surface area contributed by atoms with Crippen LogP contribution in [0.25, 0.3) is 0 Å². The van der Waals surface area contributed by atoms with E-state index in [4.69, 9.17) is 9.47 Å². The van der Waals surface area contributed by atoms with Crippen molar-refractivity contribution in [3.05, 3.63) is 51.7 Å². The first-order valence-corrected chi connectivity index (χ1v) is 9.21. The van der Waals surface area contributed by atoms with Crippen LogP contribution >= 0.6 is 0 Å². The monoisotopic (exact) mass is 369 g/mol. The molecule has 2 aliphatic rings. The number of H-pyrrole nitrogens is 1. The number of hydrogen-bond acceptors (Lipinski definition) is 5. The number of rotatable bonds is 5. The zero-order valence-corrected chi connectivity index (χ0v) is 15.5. The number of aromatic nitrogens is 2. The lowest BCUT2D eigenvalue weighted by Gasteiger charge is -2.18. The molecule has 2 heterocycles. The summed E-state index contributed by atoms with van der Waals surface area (Å²) in [5.41, 5.74) is 0.778. The molecule has 1 N–H and O–H groups in total. The predicted octanol–water partition coefficient (Wildman–Crippen LogP) is 2.29. The molecule has 1 aromatic heterocycles. The van der Waals surface area contributed by atoms with Crippen molar-refractivity contribution in [1.82, 2.24) is 14.9 Å². The number of carbonyl (C=O) groups excluding carboxylic acids is 1. The van der Waals surface area contributed by atoms with Crippen molar-refractivity contribution in [2.24, 2.45) is 0 Å². The molecule has 1 amide bonds. The first kappa shape index (κ1) is 17.6. The van der Waals surface area contributed by atoms with Crippen LogP contribution < -0.4 is 15.0 Å². The van der Waals surface area contributed by atoms with Crippen LogP contribution in [0.2, 0.25) is 0 Å². The number of likely N-dealkylation sites (tertiary alicyclic amines) is 1. The highest BCUT2D eigenvalue weighted by molar-refractivity contribution is 5.93. The third-order valence-corrected chi connectivity index (χ3v) is 5.37. The summed E-state index contributed by atoms with van der Waals surface area (Å²) in [6.07, 6.45) is 4.33. The van der Waals surface area contributed by atoms with E-state index in [1.165, 1.54) is 6.20 Å². The summed E-state index contributed by atoms with van der Waals surface area (Å²) in [6, 6.07) is 5.69. The van der Waals surface area contributed by atoms with Crippen LogP contribution in [-0.2, 0) is 0 Å². The highest BCUT2D eigenvalue weighted by Crippen LogP contribution is 2.38. The maximum absolute atomic E-state index is 12.8. The Balaban J connectivity index is 1.53. The van der Waals surface area contributed by atoms with E-state index in [9.17, 15) is 9.59 Å². The SMILES string of the molecule is COc1ccc(OC)c([C@H]2CCN(C(=O)c3cnc(C4CC4)[nH]c3=O)C2)c1. The van der Waals surface area contributed by atoms with E-state index < -0.39 is 0 Å². The van der Waals surface area contributed by atoms with Gasteiger partial charge in [-0.1, -0.05) is 0 Å². The molecule has 1 saturated carbocycles. The molecule has 1 aliphatic carbocycles. The number of ether oxygens (including phenoxy) is 2. The summed E-state index contributed by atoms with van der Waals surface area (Å²) < 4.78 is 10.8. The van der Waals surface area contributed by atoms with Gasteiger partial charge in [0.2, 0.25) is 0 Å². The summed E-state index contributed by atoms with van der Waals surface area (Å²) in [6.45, 7) is 1.12. The zero-order valence-electron chi connectivity index (χ0n) is 15.5. The number of aromatic amines is 1. The van der Waals surface area contributed by atoms with Gasteiger partial charge in [-0.2, -0.15) is 0 Å². The predicted molar refractivity (Wildman–Crippen MR) is 99.6 cm³/mol. The lowest BCUT2D eigenvalue weighted by Crippen LogP contribution is -2.33. The first-order chi connectivity index (χ1) is 13.1. The molecule has 1 aromatic carbocycles. The Labute approximate surface area is 157 Å². The van der Waals surface area contributed by atoms with Gasteiger partial charge in [0.25, 0.3) is 11.5 Å². The van der Waals surface area contributed by atoms with Crippen molar-refractivity contribution in [2.75, 3.05) is 27.3 Å². The van der Waals surface area contributed by atoms with Gasteiger partial charge in [0.05, 0.1) is 14.2 Å². The standard InChI is InChI=1S/C20H23N3O4/c1-26-14-5-6-17(27-2)15(9-14)13-7-8-23(11-13)20(25)16-10-21-18(12-3-4-12)22-19(16)24/h5-6,9-10,12-13H,3-4,7-8,11H2,1-2H3,(H,21,22,24)/t13-/m0/s1. The van der Waals surface area contributed by atoms with E-state index in [1.807, 2.05) is 18.2 Å². The Morgan fingerprint density at radius 1 is 1.19 bits per heavy atom. The normalized spacial score (nSPS) is 19.2. The second-order valence-corrected chi connectivity index (χ2v) is 7.13. The van der Waals surface area contributed by atoms with Crippen LogP contribution in [0.3, 0.4) is 0 Å². The molecular weight excluding hydrogens is 346 g/mol. The molecule has 142 valence electrons. The number of methoxy groups -OCH3 is 2. The molecule has 0 radical (unpaired) electrons. The summed E-state index contributed by atoms with van der Waals surface area (Å²) in [5.74, 6) is 2.44. The van der Waals surface area contributed by atoms with Crippen LogP contribution in [-0.4, -0.2) is 48.1 Å². The zero-order chi connectivity index (χ0) is 19.0. The van der Waals surface area contributed by atoms with Crippen LogP contribution in [0.15, 0.2) is 29.2 Å². The van der Waals surface area contributed by atoms with Gasteiger partial charge in [-0.3, -0.25) is 9.59 Å². The average Bonchev–Trinajstić information content (AvgIpc) is 3.43. The number of nitrogens with zero attached hydrogens (tertiary/aromatic N) is 2. The molecule has 27 heavy (non-hydrogen) atoms. The van der Waals surface area contributed by atoms with Crippen LogP contribution in [0.5, 0.6) is 11.5 Å². The van der Waals surface area contributed by atoms with Gasteiger partial charge in [-0.15, -0.1) is 0 Å². The van der Waals surface area contributed by atoms with Gasteiger partial charge in [0, 0.05) is 36.7 Å². The van der Waals surface area contributed by atoms with E-state index in [2.05, 4.69) is 9.97 Å². The van der Waals surface area contributed by atoms with E-state index in [1.54, 1.807) is 19.1 Å². The molecule has 7 heteroatoms. The minimum absolute atomic E-state index is 0.109. The fraction of sp³-hybridized carbons (Fsp3) is 0.450. The first-order valence-electron chi connectivity index (χ1n) is 9.21. The molecule has 2 fully saturated rings. The Bertz CT molecular complexity index is 920. The van der Waals surface area contributed by atoms with Crippen LogP contribution in [0.4, 0.5) is 0 Å². The van der Waals surface area contributed by atoms with Crippen molar-refractivity contribution in [2.45, 2.75) is 31.1 Å².